The summed E-state index contributed by atoms with van der Waals surface area (Å²) in [4.78, 5) is 18.1. The van der Waals surface area contributed by atoms with E-state index in [1.165, 1.54) is 5.56 Å². The highest BCUT2D eigenvalue weighted by atomic mass is 16.5. The number of rotatable bonds is 9. The van der Waals surface area contributed by atoms with Crippen molar-refractivity contribution in [3.8, 4) is 11.5 Å². The minimum absolute atomic E-state index is 0.0176. The van der Waals surface area contributed by atoms with Gasteiger partial charge in [-0.15, -0.1) is 0 Å². The van der Waals surface area contributed by atoms with Crippen LogP contribution in [0.15, 0.2) is 53.5 Å². The largest absolute Gasteiger partial charge is 0.497 e. The maximum atomic E-state index is 11.9. The number of nitrogens with zero attached hydrogens (tertiary/aromatic N) is 2. The molecular weight excluding hydrogens is 368 g/mol. The third-order valence-corrected chi connectivity index (χ3v) is 4.32. The number of carbonyl (C=O) groups excluding carboxylic acids is 1. The third kappa shape index (κ3) is 7.73. The molecule has 0 atom stereocenters. The van der Waals surface area contributed by atoms with Crippen LogP contribution in [0.1, 0.15) is 11.1 Å². The minimum atomic E-state index is -0.0176. The Morgan fingerprint density at radius 1 is 0.966 bits per heavy atom. The van der Waals surface area contributed by atoms with Crippen molar-refractivity contribution in [3.63, 3.8) is 0 Å². The summed E-state index contributed by atoms with van der Waals surface area (Å²) in [5.41, 5.74) is 2.22. The zero-order valence-corrected chi connectivity index (χ0v) is 17.6. The predicted molar refractivity (Wildman–Crippen MR) is 116 cm³/mol. The quantitative estimate of drug-likeness (QED) is 0.500. The molecule has 0 aliphatic heterocycles. The first-order valence-corrected chi connectivity index (χ1v) is 9.50. The maximum absolute atomic E-state index is 11.9. The molecule has 0 saturated carbocycles. The van der Waals surface area contributed by atoms with E-state index in [4.69, 9.17) is 9.47 Å². The smallest absolute Gasteiger partial charge is 0.241 e. The SMILES string of the molecule is COc1ccc(CCNC(=NCc2cccc(OC)c2)NCC(=O)N(C)C)cc1. The Bertz CT molecular complexity index is 804. The van der Waals surface area contributed by atoms with E-state index in [1.807, 2.05) is 48.5 Å². The first-order valence-electron chi connectivity index (χ1n) is 9.50. The van der Waals surface area contributed by atoms with Crippen molar-refractivity contribution in [2.75, 3.05) is 41.4 Å². The van der Waals surface area contributed by atoms with Gasteiger partial charge in [-0.25, -0.2) is 4.99 Å². The molecule has 29 heavy (non-hydrogen) atoms. The Morgan fingerprint density at radius 3 is 2.34 bits per heavy atom. The van der Waals surface area contributed by atoms with E-state index in [9.17, 15) is 4.79 Å². The van der Waals surface area contributed by atoms with Gasteiger partial charge in [0.05, 0.1) is 27.3 Å². The maximum Gasteiger partial charge on any atom is 0.241 e. The Balaban J connectivity index is 1.97. The number of likely N-dealkylation sites (N-methyl/N-ethyl adjacent to an activating group) is 1. The van der Waals surface area contributed by atoms with E-state index in [0.29, 0.717) is 19.0 Å². The summed E-state index contributed by atoms with van der Waals surface area (Å²) >= 11 is 0. The van der Waals surface area contributed by atoms with Gasteiger partial charge in [-0.05, 0) is 41.8 Å². The summed E-state index contributed by atoms with van der Waals surface area (Å²) in [6.45, 7) is 1.34. The molecule has 0 heterocycles. The second-order valence-corrected chi connectivity index (χ2v) is 6.68. The van der Waals surface area contributed by atoms with Crippen LogP contribution in [-0.2, 0) is 17.8 Å². The molecule has 0 aliphatic rings. The molecule has 7 heteroatoms. The van der Waals surface area contributed by atoms with Crippen molar-refractivity contribution in [1.82, 2.24) is 15.5 Å². The lowest BCUT2D eigenvalue weighted by Crippen LogP contribution is -2.43. The van der Waals surface area contributed by atoms with Gasteiger partial charge in [0.1, 0.15) is 11.5 Å². The Kier molecular flexibility index (Phi) is 8.82. The van der Waals surface area contributed by atoms with Gasteiger partial charge < -0.3 is 25.0 Å². The molecule has 0 unspecified atom stereocenters. The summed E-state index contributed by atoms with van der Waals surface area (Å²) < 4.78 is 10.4. The monoisotopic (exact) mass is 398 g/mol. The zero-order chi connectivity index (χ0) is 21.1. The van der Waals surface area contributed by atoms with Crippen LogP contribution in [0.5, 0.6) is 11.5 Å². The fourth-order valence-electron chi connectivity index (χ4n) is 2.55. The second-order valence-electron chi connectivity index (χ2n) is 6.68. The average molecular weight is 399 g/mol. The van der Waals surface area contributed by atoms with E-state index in [1.54, 1.807) is 33.2 Å². The summed E-state index contributed by atoms with van der Waals surface area (Å²) in [5, 5.41) is 6.40. The van der Waals surface area contributed by atoms with Crippen LogP contribution in [0.2, 0.25) is 0 Å². The van der Waals surface area contributed by atoms with Gasteiger partial charge in [-0.3, -0.25) is 4.79 Å². The van der Waals surface area contributed by atoms with Crippen molar-refractivity contribution in [2.24, 2.45) is 4.99 Å². The number of benzene rings is 2. The molecule has 0 fully saturated rings. The van der Waals surface area contributed by atoms with Crippen molar-refractivity contribution in [1.29, 1.82) is 0 Å². The number of carbonyl (C=O) groups is 1. The first kappa shape index (κ1) is 22.1. The van der Waals surface area contributed by atoms with Crippen molar-refractivity contribution >= 4 is 11.9 Å². The van der Waals surface area contributed by atoms with E-state index < -0.39 is 0 Å². The Hall–Kier alpha value is -3.22. The number of hydrogen-bond donors (Lipinski definition) is 2. The van der Waals surface area contributed by atoms with Crippen molar-refractivity contribution in [3.05, 3.63) is 59.7 Å². The standard InChI is InChI=1S/C22H30N4O3/c1-26(2)21(27)16-25-22(24-15-18-6-5-7-20(14-18)29-4)23-13-12-17-8-10-19(28-3)11-9-17/h5-11,14H,12-13,15-16H2,1-4H3,(H2,23,24,25). The number of hydrogen-bond acceptors (Lipinski definition) is 4. The van der Waals surface area contributed by atoms with Gasteiger partial charge in [0.15, 0.2) is 5.96 Å². The normalized spacial score (nSPS) is 11.0. The number of guanidine groups is 1. The van der Waals surface area contributed by atoms with Gasteiger partial charge in [-0.1, -0.05) is 24.3 Å². The molecule has 1 amide bonds. The fourth-order valence-corrected chi connectivity index (χ4v) is 2.55. The molecule has 0 bridgehead atoms. The molecule has 7 nitrogen and oxygen atoms in total. The highest BCUT2D eigenvalue weighted by Crippen LogP contribution is 2.13. The minimum Gasteiger partial charge on any atom is -0.497 e. The number of methoxy groups -OCH3 is 2. The summed E-state index contributed by atoms with van der Waals surface area (Å²) in [5.74, 6) is 2.21. The number of ether oxygens (including phenoxy) is 2. The second kappa shape index (κ2) is 11.6. The molecule has 0 saturated heterocycles. The lowest BCUT2D eigenvalue weighted by Gasteiger charge is -2.15. The fraction of sp³-hybridized carbons (Fsp3) is 0.364. The third-order valence-electron chi connectivity index (χ3n) is 4.32. The van der Waals surface area contributed by atoms with Crippen LogP contribution in [-0.4, -0.2) is 58.2 Å². The van der Waals surface area contributed by atoms with Crippen LogP contribution < -0.4 is 20.1 Å². The molecule has 2 aromatic carbocycles. The molecule has 156 valence electrons. The molecule has 0 spiro atoms. The van der Waals surface area contributed by atoms with Crippen LogP contribution in [0.4, 0.5) is 0 Å². The zero-order valence-electron chi connectivity index (χ0n) is 17.6. The van der Waals surface area contributed by atoms with Crippen LogP contribution >= 0.6 is 0 Å². The molecule has 0 aromatic heterocycles. The summed E-state index contributed by atoms with van der Waals surface area (Å²) in [6.07, 6.45) is 0.825. The average Bonchev–Trinajstić information content (AvgIpc) is 2.75. The van der Waals surface area contributed by atoms with Crippen LogP contribution in [0.3, 0.4) is 0 Å². The van der Waals surface area contributed by atoms with Gasteiger partial charge in [0.25, 0.3) is 0 Å². The topological polar surface area (TPSA) is 75.2 Å². The number of aliphatic imine (C=N–C) groups is 1. The summed E-state index contributed by atoms with van der Waals surface area (Å²) in [7, 11) is 6.76. The molecule has 2 aromatic rings. The Morgan fingerprint density at radius 2 is 1.69 bits per heavy atom. The lowest BCUT2D eigenvalue weighted by molar-refractivity contribution is -0.127. The van der Waals surface area contributed by atoms with E-state index in [-0.39, 0.29) is 12.5 Å². The molecule has 2 N–H and O–H groups in total. The number of nitrogens with one attached hydrogen (secondary N) is 2. The van der Waals surface area contributed by atoms with Crippen molar-refractivity contribution < 1.29 is 14.3 Å². The van der Waals surface area contributed by atoms with Gasteiger partial charge in [-0.2, -0.15) is 0 Å². The van der Waals surface area contributed by atoms with E-state index >= 15 is 0 Å². The molecule has 0 radical (unpaired) electrons. The summed E-state index contributed by atoms with van der Waals surface area (Å²) in [6, 6.07) is 15.7. The Labute approximate surface area is 172 Å². The number of amides is 1. The highest BCUT2D eigenvalue weighted by Gasteiger charge is 2.06. The van der Waals surface area contributed by atoms with Gasteiger partial charge in [0, 0.05) is 20.6 Å². The molecular formula is C22H30N4O3. The van der Waals surface area contributed by atoms with Gasteiger partial charge in [0.2, 0.25) is 5.91 Å². The van der Waals surface area contributed by atoms with Crippen LogP contribution in [0.25, 0.3) is 0 Å². The van der Waals surface area contributed by atoms with Gasteiger partial charge >= 0.3 is 0 Å². The molecule has 2 rings (SSSR count). The van der Waals surface area contributed by atoms with E-state index in [2.05, 4.69) is 15.6 Å². The highest BCUT2D eigenvalue weighted by molar-refractivity contribution is 5.86. The lowest BCUT2D eigenvalue weighted by atomic mass is 10.1. The molecule has 0 aliphatic carbocycles. The van der Waals surface area contributed by atoms with E-state index in [0.717, 1.165) is 23.5 Å². The predicted octanol–water partition coefficient (Wildman–Crippen LogP) is 2.07. The van der Waals surface area contributed by atoms with Crippen molar-refractivity contribution in [2.45, 2.75) is 13.0 Å². The first-order chi connectivity index (χ1) is 14.0. The van der Waals surface area contributed by atoms with Crippen LogP contribution in [0, 0.1) is 0 Å².